The van der Waals surface area contributed by atoms with Crippen molar-refractivity contribution in [2.45, 2.75) is 117 Å². The van der Waals surface area contributed by atoms with Crippen molar-refractivity contribution >= 4 is 59.6 Å². The number of imide groups is 1. The highest BCUT2D eigenvalue weighted by Gasteiger charge is 2.51. The van der Waals surface area contributed by atoms with Crippen LogP contribution in [0.3, 0.4) is 0 Å². The molecule has 8 rings (SSSR count). The van der Waals surface area contributed by atoms with Crippen LogP contribution in [-0.2, 0) is 124 Å². The second kappa shape index (κ2) is 39.3. The van der Waals surface area contributed by atoms with Gasteiger partial charge in [0.2, 0.25) is 17.4 Å². The van der Waals surface area contributed by atoms with Crippen molar-refractivity contribution in [2.75, 3.05) is 139 Å². The Kier molecular flexibility index (Phi) is 30.5. The van der Waals surface area contributed by atoms with E-state index in [4.69, 9.17) is 66.5 Å². The van der Waals surface area contributed by atoms with E-state index in [9.17, 15) is 43.4 Å². The molecule has 4 aliphatic rings. The fraction of sp³-hybridized carbons (Fsp3) is 0.627. The quantitative estimate of drug-likeness (QED) is 0.0218. The monoisotopic (exact) mass is 1370 g/mol. The predicted molar refractivity (Wildman–Crippen MR) is 350 cm³/mol. The van der Waals surface area contributed by atoms with Gasteiger partial charge >= 0.3 is 19.2 Å². The third kappa shape index (κ3) is 22.2. The molecule has 6 heterocycles. The Morgan fingerprint density at radius 3 is 1.95 bits per heavy atom. The number of benzene rings is 1. The fourth-order valence-electron chi connectivity index (χ4n) is 11.9. The molecule has 0 spiro atoms. The highest BCUT2D eigenvalue weighted by Crippen LogP contribution is 2.43. The van der Waals surface area contributed by atoms with Crippen molar-refractivity contribution in [3.05, 3.63) is 80.9 Å². The zero-order chi connectivity index (χ0) is 69.8. The zero-order valence-corrected chi connectivity index (χ0v) is 56.8. The van der Waals surface area contributed by atoms with Crippen LogP contribution in [-0.4, -0.2) is 228 Å². The lowest BCUT2D eigenvalue weighted by molar-refractivity contribution is -0.175. The van der Waals surface area contributed by atoms with E-state index in [1.165, 1.54) is 23.9 Å². The highest BCUT2D eigenvalue weighted by atomic mass is 16.7. The summed E-state index contributed by atoms with van der Waals surface area (Å²) in [7, 11) is -1.02. The molecule has 1 aliphatic carbocycles. The number of nitrogens with zero attached hydrogens (tertiary/aromatic N) is 6. The normalized spacial score (nSPS) is 17.4. The number of amides is 4. The van der Waals surface area contributed by atoms with Gasteiger partial charge in [0.15, 0.2) is 0 Å². The molecule has 2 unspecified atom stereocenters. The van der Waals surface area contributed by atoms with E-state index in [0.29, 0.717) is 154 Å². The first-order valence-corrected chi connectivity index (χ1v) is 33.8. The molecule has 1 saturated carbocycles. The van der Waals surface area contributed by atoms with Crippen molar-refractivity contribution in [3.8, 4) is 17.1 Å². The molecule has 3 N–H and O–H groups in total. The largest absolute Gasteiger partial charge is 0.536 e. The Labute approximate surface area is 569 Å². The Hall–Kier alpha value is -7.59. The van der Waals surface area contributed by atoms with E-state index >= 15 is 0 Å². The first-order chi connectivity index (χ1) is 47.5. The summed E-state index contributed by atoms with van der Waals surface area (Å²) in [4.78, 5) is 109. The Morgan fingerprint density at radius 1 is 0.755 bits per heavy atom. The third-order valence-corrected chi connectivity index (χ3v) is 17.2. The maximum atomic E-state index is 14.2. The Balaban J connectivity index is 0.566. The summed E-state index contributed by atoms with van der Waals surface area (Å²) in [6.07, 6.45) is 7.87. The van der Waals surface area contributed by atoms with E-state index in [1.54, 1.807) is 48.2 Å². The molecule has 2 atom stereocenters. The number of carbonyl (C=O) groups excluding carboxylic acids is 7. The summed E-state index contributed by atoms with van der Waals surface area (Å²) in [6, 6.07) is 6.23. The Bertz CT molecular complexity index is 3390. The predicted octanol–water partition coefficient (Wildman–Crippen LogP) is 3.22. The van der Waals surface area contributed by atoms with Crippen molar-refractivity contribution in [1.29, 1.82) is 0 Å². The van der Waals surface area contributed by atoms with Gasteiger partial charge in [0.1, 0.15) is 38.0 Å². The zero-order valence-electron chi connectivity index (χ0n) is 56.8. The molecule has 0 saturated heterocycles. The lowest BCUT2D eigenvalue weighted by Crippen LogP contribution is -2.48. The number of pyridine rings is 2. The van der Waals surface area contributed by atoms with Gasteiger partial charge in [0, 0.05) is 66.7 Å². The van der Waals surface area contributed by atoms with Crippen LogP contribution in [0.25, 0.3) is 22.3 Å². The molecule has 4 aromatic rings. The summed E-state index contributed by atoms with van der Waals surface area (Å²) in [5.41, 5.74) is 2.02. The Morgan fingerprint density at radius 2 is 1.36 bits per heavy atom. The van der Waals surface area contributed by atoms with Gasteiger partial charge in [-0.3, -0.25) is 33.7 Å². The van der Waals surface area contributed by atoms with E-state index in [0.717, 1.165) is 47.9 Å². The number of carbonyl (C=O) groups is 7. The summed E-state index contributed by atoms with van der Waals surface area (Å²) >= 11 is 0. The molecule has 98 heavy (non-hydrogen) atoms. The molecular weight excluding hydrogens is 1280 g/mol. The number of aromatic nitrogens is 5. The SMILES string of the molecule is CCc1c2c(nc3ccc(OB(C)O)cc13)-c1cc3c(c(=O)n1C2)COC(=O)C3(CC)OC(=O)OCC(NC(=O)COCC(=O)NCCOCCOCCOCCOCCOCCOCCOCCOCCn1cc(CCC(=O)C2CCC(CN3C(=O)C=CC3=O)CC2)nn1)C(C)C. The van der Waals surface area contributed by atoms with Crippen LogP contribution in [0, 0.1) is 17.8 Å². The van der Waals surface area contributed by atoms with E-state index in [1.807, 2.05) is 19.2 Å². The summed E-state index contributed by atoms with van der Waals surface area (Å²) < 4.78 is 75.4. The summed E-state index contributed by atoms with van der Waals surface area (Å²) in [5.74, 6) is -1.72. The molecule has 0 radical (unpaired) electrons. The smallest absolute Gasteiger partial charge is 0.519 e. The number of ketones is 1. The molecule has 31 heteroatoms. The van der Waals surface area contributed by atoms with Crippen LogP contribution >= 0.6 is 0 Å². The van der Waals surface area contributed by atoms with Crippen molar-refractivity contribution in [3.63, 3.8) is 0 Å². The number of fused-ring (bicyclic) bond motifs is 5. The van der Waals surface area contributed by atoms with Crippen molar-refractivity contribution in [2.24, 2.45) is 17.8 Å². The number of ether oxygens (including phenoxy) is 12. The minimum absolute atomic E-state index is 0.00418. The van der Waals surface area contributed by atoms with Gasteiger partial charge in [-0.05, 0) is 87.0 Å². The van der Waals surface area contributed by atoms with Gasteiger partial charge in [-0.25, -0.2) is 19.3 Å². The molecule has 3 aliphatic heterocycles. The number of esters is 1. The van der Waals surface area contributed by atoms with Gasteiger partial charge < -0.3 is 81.7 Å². The fourth-order valence-corrected chi connectivity index (χ4v) is 11.9. The van der Waals surface area contributed by atoms with E-state index in [2.05, 4.69) is 20.9 Å². The summed E-state index contributed by atoms with van der Waals surface area (Å²) in [6.45, 7) is 14.8. The standard InChI is InChI=1S/C67H93BN8O22/c1-6-50-51-36-49(98-68(5)85)13-14-55(51)71-63-52(50)40-75-57(63)37-54-53(64(75)82)41-95-65(83)67(54,7-2)97-66(84)96-42-56(45(3)4)70-60(79)44-94-43-59(78)69-18-20-86-22-24-88-26-28-90-30-32-92-34-35-93-33-31-91-29-27-89-25-23-87-21-19-74-39-48(72-73-74)12-15-58(77)47-10-8-46(9-11-47)38-76-61(80)16-17-62(76)81/h13-14,16-17,36-37,39,45-47,56,85H,6-12,15,18-35,38,40-44H2,1-5H3,(H,69,78)(H,70,79). The maximum Gasteiger partial charge on any atom is 0.519 e. The molecular formula is C67H93BN8O22. The van der Waals surface area contributed by atoms with Crippen molar-refractivity contribution < 1.29 is 100 Å². The number of nitrogens with one attached hydrogen (secondary N) is 2. The minimum Gasteiger partial charge on any atom is -0.536 e. The van der Waals surface area contributed by atoms with Gasteiger partial charge in [-0.2, -0.15) is 0 Å². The van der Waals surface area contributed by atoms with E-state index in [-0.39, 0.29) is 85.8 Å². The number of hydrogen-bond donors (Lipinski definition) is 3. The molecule has 30 nitrogen and oxygen atoms in total. The second-order valence-electron chi connectivity index (χ2n) is 24.3. The van der Waals surface area contributed by atoms with Gasteiger partial charge in [0.25, 0.3) is 17.4 Å². The molecule has 536 valence electrons. The van der Waals surface area contributed by atoms with Gasteiger partial charge in [0.05, 0.1) is 153 Å². The van der Waals surface area contributed by atoms with Crippen LogP contribution in [0.2, 0.25) is 6.82 Å². The maximum absolute atomic E-state index is 14.2. The van der Waals surface area contributed by atoms with Gasteiger partial charge in [-0.15, -0.1) is 5.10 Å². The number of hydrogen-bond acceptors (Lipinski definition) is 25. The number of rotatable bonds is 46. The van der Waals surface area contributed by atoms with Crippen molar-refractivity contribution in [1.82, 2.24) is 40.1 Å². The molecule has 4 amide bonds. The topological polar surface area (TPSA) is 353 Å². The van der Waals surface area contributed by atoms with Crippen LogP contribution in [0.15, 0.2) is 47.4 Å². The lowest BCUT2D eigenvalue weighted by atomic mass is 9.79. The van der Waals surface area contributed by atoms with Crippen LogP contribution in [0.1, 0.15) is 94.2 Å². The number of Topliss-reactive ketones (excluding diaryl/α,β-unsaturated/α-hetero) is 1. The van der Waals surface area contributed by atoms with Crippen LogP contribution in [0.5, 0.6) is 5.75 Å². The van der Waals surface area contributed by atoms with E-state index < -0.39 is 61.5 Å². The van der Waals surface area contributed by atoms with Gasteiger partial charge in [-0.1, -0.05) is 32.9 Å². The first-order valence-electron chi connectivity index (χ1n) is 33.8. The van der Waals surface area contributed by atoms with Crippen LogP contribution < -0.4 is 20.8 Å². The molecule has 1 fully saturated rings. The molecule has 0 bridgehead atoms. The minimum atomic E-state index is -2.03. The number of aryl methyl sites for hydroxylation is 2. The lowest BCUT2D eigenvalue weighted by Gasteiger charge is -2.35. The average Bonchev–Trinajstić information content (AvgIpc) is 1.44. The average molecular weight is 1370 g/mol. The molecule has 1 aromatic carbocycles. The summed E-state index contributed by atoms with van der Waals surface area (Å²) in [5, 5.41) is 24.4. The third-order valence-electron chi connectivity index (χ3n) is 17.2. The first kappa shape index (κ1) is 76.2. The number of cyclic esters (lactones) is 1. The highest BCUT2D eigenvalue weighted by molar-refractivity contribution is 6.41. The second-order valence-corrected chi connectivity index (χ2v) is 24.3. The van der Waals surface area contributed by atoms with Crippen LogP contribution in [0.4, 0.5) is 4.79 Å². The molecule has 3 aromatic heterocycles.